The van der Waals surface area contributed by atoms with E-state index >= 15 is 0 Å². The van der Waals surface area contributed by atoms with Gasteiger partial charge >= 0.3 is 18.2 Å². The summed E-state index contributed by atoms with van der Waals surface area (Å²) in [6.07, 6.45) is 0.274. The molecule has 240 valence electrons. The minimum absolute atomic E-state index is 0.144. The lowest BCUT2D eigenvalue weighted by Gasteiger charge is -2.16. The van der Waals surface area contributed by atoms with Crippen LogP contribution in [0.4, 0.5) is 9.59 Å². The Bertz CT molecular complexity index is 1510. The molecule has 0 saturated heterocycles. The van der Waals surface area contributed by atoms with Gasteiger partial charge in [0.25, 0.3) is 0 Å². The van der Waals surface area contributed by atoms with E-state index in [1.807, 2.05) is 123 Å². The van der Waals surface area contributed by atoms with Gasteiger partial charge in [-0.25, -0.2) is 14.4 Å². The van der Waals surface area contributed by atoms with E-state index in [1.54, 1.807) is 0 Å². The van der Waals surface area contributed by atoms with Crippen LogP contribution >= 0.6 is 0 Å². The number of hydrogen-bond donors (Lipinski definition) is 2. The molecule has 9 nitrogen and oxygen atoms in total. The maximum Gasteiger partial charge on any atom is 0.408 e. The van der Waals surface area contributed by atoms with Crippen LogP contribution in [0.25, 0.3) is 0 Å². The molecule has 2 N–H and O–H groups in total. The van der Waals surface area contributed by atoms with Crippen LogP contribution in [-0.2, 0) is 49.9 Å². The molecule has 9 heteroatoms. The predicted octanol–water partition coefficient (Wildman–Crippen LogP) is 6.04. The summed E-state index contributed by atoms with van der Waals surface area (Å²) in [5, 5.41) is 5.14. The van der Waals surface area contributed by atoms with Crippen LogP contribution in [0, 0.1) is 13.8 Å². The smallest absolute Gasteiger partial charge is 0.408 e. The van der Waals surface area contributed by atoms with E-state index in [1.165, 1.54) is 7.11 Å². The van der Waals surface area contributed by atoms with Gasteiger partial charge in [0.1, 0.15) is 25.5 Å². The van der Waals surface area contributed by atoms with Crippen molar-refractivity contribution in [3.63, 3.8) is 0 Å². The zero-order valence-electron chi connectivity index (χ0n) is 26.3. The van der Waals surface area contributed by atoms with Gasteiger partial charge in [-0.05, 0) is 42.5 Å². The summed E-state index contributed by atoms with van der Waals surface area (Å²) in [5.74, 6) is -0.507. The van der Waals surface area contributed by atoms with Gasteiger partial charge in [0.05, 0.1) is 13.2 Å². The highest BCUT2D eigenvalue weighted by atomic mass is 16.6. The summed E-state index contributed by atoms with van der Waals surface area (Å²) >= 11 is 0. The molecule has 0 radical (unpaired) electrons. The van der Waals surface area contributed by atoms with Gasteiger partial charge in [-0.15, -0.1) is 0 Å². The first-order chi connectivity index (χ1) is 22.2. The lowest BCUT2D eigenvalue weighted by molar-refractivity contribution is -0.143. The topological polar surface area (TPSA) is 120 Å². The van der Waals surface area contributed by atoms with E-state index in [4.69, 9.17) is 14.2 Å². The van der Waals surface area contributed by atoms with E-state index in [9.17, 15) is 19.2 Å². The van der Waals surface area contributed by atoms with Gasteiger partial charge in [-0.3, -0.25) is 0 Å². The van der Waals surface area contributed by atoms with Crippen molar-refractivity contribution in [1.29, 1.82) is 0 Å². The largest absolute Gasteiger partial charge is 0.467 e. The molecule has 0 bridgehead atoms. The van der Waals surface area contributed by atoms with Crippen LogP contribution in [0.5, 0.6) is 0 Å². The van der Waals surface area contributed by atoms with Gasteiger partial charge in [0.15, 0.2) is 0 Å². The maximum absolute atomic E-state index is 12.0. The Morgan fingerprint density at radius 1 is 0.609 bits per heavy atom. The minimum atomic E-state index is -0.791. The average Bonchev–Trinajstić information content (AvgIpc) is 3.08. The lowest BCUT2D eigenvalue weighted by atomic mass is 10.0. The normalized spacial score (nSPS) is 11.5. The molecular formula is C37H40N2O7. The highest BCUT2D eigenvalue weighted by Crippen LogP contribution is 2.09. The van der Waals surface area contributed by atoms with Crippen molar-refractivity contribution in [1.82, 2.24) is 10.6 Å². The first-order valence-electron chi connectivity index (χ1n) is 14.8. The van der Waals surface area contributed by atoms with Crippen LogP contribution in [0.1, 0.15) is 33.4 Å². The molecule has 0 heterocycles. The molecule has 2 amide bonds. The second-order valence-corrected chi connectivity index (χ2v) is 10.6. The summed E-state index contributed by atoms with van der Waals surface area (Å²) in [5.41, 5.74) is 5.98. The Hall–Kier alpha value is -5.44. The maximum atomic E-state index is 12.0. The number of nitrogens with one attached hydrogen (secondary N) is 2. The predicted molar refractivity (Wildman–Crippen MR) is 175 cm³/mol. The van der Waals surface area contributed by atoms with Crippen LogP contribution < -0.4 is 10.6 Å². The molecule has 0 aromatic heterocycles. The van der Waals surface area contributed by atoms with Crippen molar-refractivity contribution in [2.45, 2.75) is 52.0 Å². The van der Waals surface area contributed by atoms with Gasteiger partial charge < -0.3 is 29.6 Å². The number of benzene rings is 4. The molecule has 0 fully saturated rings. The zero-order valence-corrected chi connectivity index (χ0v) is 26.3. The van der Waals surface area contributed by atoms with Gasteiger partial charge in [0.2, 0.25) is 0 Å². The molecule has 0 spiro atoms. The van der Waals surface area contributed by atoms with E-state index < -0.39 is 30.2 Å². The summed E-state index contributed by atoms with van der Waals surface area (Å²) in [6.45, 7) is 4.31. The highest BCUT2D eigenvalue weighted by Gasteiger charge is 2.22. The number of esters is 1. The van der Waals surface area contributed by atoms with Crippen LogP contribution in [-0.4, -0.2) is 43.6 Å². The molecule has 0 saturated carbocycles. The van der Waals surface area contributed by atoms with Crippen LogP contribution in [0.3, 0.4) is 0 Å². The van der Waals surface area contributed by atoms with Gasteiger partial charge in [-0.2, -0.15) is 0 Å². The van der Waals surface area contributed by atoms with E-state index in [0.29, 0.717) is 12.8 Å². The van der Waals surface area contributed by atoms with E-state index in [0.717, 1.165) is 39.7 Å². The molecular weight excluding hydrogens is 584 g/mol. The Morgan fingerprint density at radius 2 is 1.04 bits per heavy atom. The quantitative estimate of drug-likeness (QED) is 0.112. The number of alkyl carbamates (subject to hydrolysis) is 2. The van der Waals surface area contributed by atoms with Crippen molar-refractivity contribution in [2.24, 2.45) is 0 Å². The average molecular weight is 625 g/mol. The van der Waals surface area contributed by atoms with Crippen molar-refractivity contribution in [3.05, 3.63) is 143 Å². The number of aryl methyl sites for hydroxylation is 2. The van der Waals surface area contributed by atoms with Gasteiger partial charge in [-0.1, -0.05) is 120 Å². The first kappa shape index (κ1) is 35.0. The Kier molecular flexibility index (Phi) is 14.5. The number of rotatable bonds is 12. The number of aldehydes is 1. The summed E-state index contributed by atoms with van der Waals surface area (Å²) < 4.78 is 15.0. The van der Waals surface area contributed by atoms with Crippen LogP contribution in [0.2, 0.25) is 0 Å². The number of amides is 2. The standard InChI is InChI=1S/C19H21NO4.C18H19NO3/c1-14-8-10-15(11-9-14)12-17(18(21)23-2)20-19(22)24-13-16-6-4-3-5-7-16;1-14-7-9-15(10-8-14)11-17(12-20)19-18(21)22-13-16-5-3-2-4-6-16/h3-11,17H,12-13H2,1-2H3,(H,20,22);2-10,12,17H,11,13H2,1H3,(H,19,21). The fourth-order valence-corrected chi connectivity index (χ4v) is 4.23. The molecule has 4 aromatic rings. The molecule has 0 aliphatic carbocycles. The fraction of sp³-hybridized carbons (Fsp3) is 0.243. The third-order valence-electron chi connectivity index (χ3n) is 6.81. The highest BCUT2D eigenvalue weighted by molar-refractivity contribution is 5.81. The number of hydrogen-bond acceptors (Lipinski definition) is 7. The monoisotopic (exact) mass is 624 g/mol. The zero-order chi connectivity index (χ0) is 33.1. The third-order valence-corrected chi connectivity index (χ3v) is 6.81. The Morgan fingerprint density at radius 3 is 1.48 bits per heavy atom. The summed E-state index contributed by atoms with van der Waals surface area (Å²) in [6, 6.07) is 32.9. The van der Waals surface area contributed by atoms with Crippen molar-refractivity contribution in [3.8, 4) is 0 Å². The number of methoxy groups -OCH3 is 1. The molecule has 4 aromatic carbocycles. The molecule has 4 rings (SSSR count). The minimum Gasteiger partial charge on any atom is -0.467 e. The molecule has 46 heavy (non-hydrogen) atoms. The Balaban J connectivity index is 0.000000251. The van der Waals surface area contributed by atoms with Crippen molar-refractivity contribution >= 4 is 24.4 Å². The molecule has 0 aliphatic rings. The third kappa shape index (κ3) is 13.1. The lowest BCUT2D eigenvalue weighted by Crippen LogP contribution is -2.43. The van der Waals surface area contributed by atoms with Crippen molar-refractivity contribution < 1.29 is 33.4 Å². The van der Waals surface area contributed by atoms with Gasteiger partial charge in [0, 0.05) is 6.42 Å². The first-order valence-corrected chi connectivity index (χ1v) is 14.8. The van der Waals surface area contributed by atoms with E-state index in [-0.39, 0.29) is 13.2 Å². The molecule has 0 aliphatic heterocycles. The number of ether oxygens (including phenoxy) is 3. The summed E-state index contributed by atoms with van der Waals surface area (Å²) in [7, 11) is 1.29. The Labute approximate surface area is 269 Å². The fourth-order valence-electron chi connectivity index (χ4n) is 4.23. The second-order valence-electron chi connectivity index (χ2n) is 10.6. The molecule has 2 unspecified atom stereocenters. The summed E-state index contributed by atoms with van der Waals surface area (Å²) in [4.78, 5) is 46.7. The SMILES string of the molecule is COC(=O)C(Cc1ccc(C)cc1)NC(=O)OCc1ccccc1.Cc1ccc(CC(C=O)NC(=O)OCc2ccccc2)cc1. The second kappa shape index (κ2) is 19.1. The molecule has 2 atom stereocenters. The number of carbonyl (C=O) groups excluding carboxylic acids is 4. The van der Waals surface area contributed by atoms with E-state index in [2.05, 4.69) is 10.6 Å². The van der Waals surface area contributed by atoms with Crippen molar-refractivity contribution in [2.75, 3.05) is 7.11 Å². The van der Waals surface area contributed by atoms with Crippen LogP contribution in [0.15, 0.2) is 109 Å². The number of carbonyl (C=O) groups is 4.